The molecule has 7 heteroatoms. The van der Waals surface area contributed by atoms with Gasteiger partial charge in [-0.3, -0.25) is 4.79 Å². The number of carbonyl (C=O) groups is 1. The normalized spacial score (nSPS) is 11.0. The molecule has 2 aromatic carbocycles. The molecule has 0 aliphatic heterocycles. The summed E-state index contributed by atoms with van der Waals surface area (Å²) in [5.41, 5.74) is 2.94. The van der Waals surface area contributed by atoms with Crippen molar-refractivity contribution in [3.05, 3.63) is 60.2 Å². The van der Waals surface area contributed by atoms with E-state index in [2.05, 4.69) is 10.2 Å². The highest BCUT2D eigenvalue weighted by Crippen LogP contribution is 2.24. The third-order valence-corrected chi connectivity index (χ3v) is 5.05. The molecule has 1 aromatic heterocycles. The minimum absolute atomic E-state index is 0.00101. The number of hydrogen-bond acceptors (Lipinski definition) is 5. The first-order valence-electron chi connectivity index (χ1n) is 8.75. The molecular formula is C20H23N5OS. The fourth-order valence-electron chi connectivity index (χ4n) is 2.79. The van der Waals surface area contributed by atoms with Crippen molar-refractivity contribution >= 4 is 23.4 Å². The van der Waals surface area contributed by atoms with Gasteiger partial charge in [0.15, 0.2) is 5.82 Å². The predicted molar refractivity (Wildman–Crippen MR) is 110 cm³/mol. The number of nitrogens with zero attached hydrogens (tertiary/aromatic N) is 4. The quantitative estimate of drug-likeness (QED) is 0.522. The average molecular weight is 382 g/mol. The first-order valence-corrected chi connectivity index (χ1v) is 9.73. The van der Waals surface area contributed by atoms with Crippen LogP contribution in [0.5, 0.6) is 0 Å². The van der Waals surface area contributed by atoms with Crippen LogP contribution in [0.3, 0.4) is 0 Å². The van der Waals surface area contributed by atoms with Gasteiger partial charge in [-0.25, -0.2) is 4.68 Å². The van der Waals surface area contributed by atoms with Crippen molar-refractivity contribution in [3.63, 3.8) is 0 Å². The molecule has 2 N–H and O–H groups in total. The molecule has 140 valence electrons. The summed E-state index contributed by atoms with van der Waals surface area (Å²) < 4.78 is 1.44. The number of nitrogen functional groups attached to an aromatic ring is 1. The molecule has 0 radical (unpaired) electrons. The van der Waals surface area contributed by atoms with Gasteiger partial charge in [-0.1, -0.05) is 59.8 Å². The van der Waals surface area contributed by atoms with Gasteiger partial charge in [-0.2, -0.15) is 0 Å². The highest BCUT2D eigenvalue weighted by molar-refractivity contribution is 7.99. The standard InChI is InChI=1S/C20H23N5OS/c1-14(2)24(17-7-5-4-6-8-17)18(26)13-27-20-23-22-19(25(20)21)16-11-9-15(3)10-12-16/h4-12,14H,13,21H2,1-3H3. The van der Waals surface area contributed by atoms with Gasteiger partial charge in [0.05, 0.1) is 5.75 Å². The lowest BCUT2D eigenvalue weighted by Crippen LogP contribution is -2.38. The molecule has 0 saturated heterocycles. The van der Waals surface area contributed by atoms with Crippen molar-refractivity contribution in [1.82, 2.24) is 14.9 Å². The van der Waals surface area contributed by atoms with Crippen LogP contribution in [-0.4, -0.2) is 32.6 Å². The zero-order chi connectivity index (χ0) is 19.4. The first-order chi connectivity index (χ1) is 13.0. The van der Waals surface area contributed by atoms with E-state index in [0.29, 0.717) is 11.0 Å². The molecule has 3 rings (SSSR count). The molecule has 0 bridgehead atoms. The van der Waals surface area contributed by atoms with Crippen LogP contribution in [0.1, 0.15) is 19.4 Å². The zero-order valence-electron chi connectivity index (χ0n) is 15.7. The Bertz CT molecular complexity index is 906. The van der Waals surface area contributed by atoms with Gasteiger partial charge in [-0.05, 0) is 32.9 Å². The molecule has 0 fully saturated rings. The van der Waals surface area contributed by atoms with Crippen molar-refractivity contribution in [1.29, 1.82) is 0 Å². The van der Waals surface area contributed by atoms with Gasteiger partial charge < -0.3 is 10.7 Å². The lowest BCUT2D eigenvalue weighted by Gasteiger charge is -2.26. The van der Waals surface area contributed by atoms with E-state index in [4.69, 9.17) is 5.84 Å². The molecule has 0 aliphatic carbocycles. The molecular weight excluding hydrogens is 358 g/mol. The van der Waals surface area contributed by atoms with Gasteiger partial charge in [0.25, 0.3) is 0 Å². The molecule has 1 amide bonds. The minimum Gasteiger partial charge on any atom is -0.335 e. The second-order valence-corrected chi connectivity index (χ2v) is 7.47. The summed E-state index contributed by atoms with van der Waals surface area (Å²) >= 11 is 1.29. The number of aryl methyl sites for hydroxylation is 1. The van der Waals surface area contributed by atoms with E-state index in [1.165, 1.54) is 16.4 Å². The van der Waals surface area contributed by atoms with Crippen molar-refractivity contribution in [2.45, 2.75) is 32.0 Å². The third-order valence-electron chi connectivity index (χ3n) is 4.12. The van der Waals surface area contributed by atoms with E-state index in [-0.39, 0.29) is 17.7 Å². The monoisotopic (exact) mass is 381 g/mol. The summed E-state index contributed by atoms with van der Waals surface area (Å²) in [7, 11) is 0. The molecule has 0 atom stereocenters. The summed E-state index contributed by atoms with van der Waals surface area (Å²) in [5, 5.41) is 8.83. The number of rotatable bonds is 6. The van der Waals surface area contributed by atoms with Gasteiger partial charge in [0.1, 0.15) is 0 Å². The molecule has 6 nitrogen and oxygen atoms in total. The zero-order valence-corrected chi connectivity index (χ0v) is 16.5. The van der Waals surface area contributed by atoms with E-state index in [1.54, 1.807) is 4.90 Å². The SMILES string of the molecule is Cc1ccc(-c2nnc(SCC(=O)N(c3ccccc3)C(C)C)n2N)cc1. The van der Waals surface area contributed by atoms with Crippen LogP contribution in [-0.2, 0) is 4.79 Å². The predicted octanol–water partition coefficient (Wildman–Crippen LogP) is 3.50. The molecule has 0 unspecified atom stereocenters. The molecule has 0 saturated carbocycles. The van der Waals surface area contributed by atoms with Gasteiger partial charge >= 0.3 is 0 Å². The minimum atomic E-state index is 0.00101. The van der Waals surface area contributed by atoms with Crippen molar-refractivity contribution in [3.8, 4) is 11.4 Å². The van der Waals surface area contributed by atoms with E-state index in [0.717, 1.165) is 16.8 Å². The van der Waals surface area contributed by atoms with Crippen LogP contribution < -0.4 is 10.7 Å². The second-order valence-electron chi connectivity index (χ2n) is 6.52. The van der Waals surface area contributed by atoms with Crippen LogP contribution in [0.15, 0.2) is 59.8 Å². The number of aromatic nitrogens is 3. The Kier molecular flexibility index (Phi) is 5.81. The van der Waals surface area contributed by atoms with Gasteiger partial charge in [-0.15, -0.1) is 10.2 Å². The average Bonchev–Trinajstić information content (AvgIpc) is 3.02. The number of amides is 1. The van der Waals surface area contributed by atoms with E-state index in [1.807, 2.05) is 75.4 Å². The smallest absolute Gasteiger partial charge is 0.237 e. The highest BCUT2D eigenvalue weighted by Gasteiger charge is 2.20. The van der Waals surface area contributed by atoms with Crippen LogP contribution in [0.2, 0.25) is 0 Å². The fourth-order valence-corrected chi connectivity index (χ4v) is 3.51. The van der Waals surface area contributed by atoms with Crippen LogP contribution in [0.4, 0.5) is 5.69 Å². The van der Waals surface area contributed by atoms with E-state index < -0.39 is 0 Å². The molecule has 3 aromatic rings. The topological polar surface area (TPSA) is 77.0 Å². The highest BCUT2D eigenvalue weighted by atomic mass is 32.2. The maximum Gasteiger partial charge on any atom is 0.237 e. The Morgan fingerprint density at radius 1 is 1.11 bits per heavy atom. The molecule has 0 aliphatic rings. The second kappa shape index (κ2) is 8.26. The summed E-state index contributed by atoms with van der Waals surface area (Å²) in [4.78, 5) is 14.6. The van der Waals surface area contributed by atoms with Crippen molar-refractivity contribution in [2.24, 2.45) is 0 Å². The van der Waals surface area contributed by atoms with Gasteiger partial charge in [0.2, 0.25) is 11.1 Å². The molecule has 1 heterocycles. The summed E-state index contributed by atoms with van der Waals surface area (Å²) in [6, 6.07) is 17.6. The largest absolute Gasteiger partial charge is 0.335 e. The third kappa shape index (κ3) is 4.31. The Hall–Kier alpha value is -2.80. The molecule has 0 spiro atoms. The van der Waals surface area contributed by atoms with Crippen LogP contribution >= 0.6 is 11.8 Å². The maximum absolute atomic E-state index is 12.8. The van der Waals surface area contributed by atoms with Crippen LogP contribution in [0.25, 0.3) is 11.4 Å². The number of anilines is 1. The number of hydrogen-bond donors (Lipinski definition) is 1. The number of carbonyl (C=O) groups excluding carboxylic acids is 1. The Labute approximate surface area is 163 Å². The summed E-state index contributed by atoms with van der Waals surface area (Å²) in [6.07, 6.45) is 0. The first kappa shape index (κ1) is 19.0. The van der Waals surface area contributed by atoms with E-state index in [9.17, 15) is 4.79 Å². The van der Waals surface area contributed by atoms with E-state index >= 15 is 0 Å². The Balaban J connectivity index is 1.73. The van der Waals surface area contributed by atoms with Crippen molar-refractivity contribution in [2.75, 3.05) is 16.5 Å². The molecule has 27 heavy (non-hydrogen) atoms. The van der Waals surface area contributed by atoms with Gasteiger partial charge in [0, 0.05) is 17.3 Å². The lowest BCUT2D eigenvalue weighted by atomic mass is 10.1. The summed E-state index contributed by atoms with van der Waals surface area (Å²) in [5.74, 6) is 6.96. The van der Waals surface area contributed by atoms with Crippen molar-refractivity contribution < 1.29 is 4.79 Å². The Morgan fingerprint density at radius 3 is 2.41 bits per heavy atom. The summed E-state index contributed by atoms with van der Waals surface area (Å²) in [6.45, 7) is 6.02. The number of thioether (sulfide) groups is 1. The maximum atomic E-state index is 12.8. The fraction of sp³-hybridized carbons (Fsp3) is 0.250. The number of para-hydroxylation sites is 1. The number of benzene rings is 2. The lowest BCUT2D eigenvalue weighted by molar-refractivity contribution is -0.116. The number of nitrogens with two attached hydrogens (primary N) is 1. The Morgan fingerprint density at radius 2 is 1.78 bits per heavy atom. The van der Waals surface area contributed by atoms with Crippen LogP contribution in [0, 0.1) is 6.92 Å².